The maximum absolute atomic E-state index is 13.6. The average molecular weight is 245 g/mol. The van der Waals surface area contributed by atoms with Crippen LogP contribution in [0.15, 0.2) is 48.5 Å². The lowest BCUT2D eigenvalue weighted by atomic mass is 10.1. The van der Waals surface area contributed by atoms with Crippen molar-refractivity contribution >= 4 is 17.3 Å². The van der Waals surface area contributed by atoms with E-state index in [1.807, 2.05) is 30.3 Å². The second-order valence-corrected chi connectivity index (χ2v) is 3.83. The maximum atomic E-state index is 13.6. The number of aromatic carboxylic acids is 1. The van der Waals surface area contributed by atoms with Gasteiger partial charge in [0.1, 0.15) is 11.4 Å². The molecule has 0 unspecified atom stereocenters. The summed E-state index contributed by atoms with van der Waals surface area (Å²) in [7, 11) is 1.70. The first kappa shape index (κ1) is 12.1. The molecule has 4 heteroatoms. The molecule has 3 nitrogen and oxygen atoms in total. The summed E-state index contributed by atoms with van der Waals surface area (Å²) < 4.78 is 13.6. The van der Waals surface area contributed by atoms with Crippen molar-refractivity contribution in [3.8, 4) is 0 Å². The Labute approximate surface area is 104 Å². The molecule has 92 valence electrons. The van der Waals surface area contributed by atoms with Crippen LogP contribution in [0.5, 0.6) is 0 Å². The van der Waals surface area contributed by atoms with Gasteiger partial charge < -0.3 is 10.0 Å². The molecule has 2 aromatic carbocycles. The first-order valence-electron chi connectivity index (χ1n) is 5.42. The fourth-order valence-electron chi connectivity index (χ4n) is 1.79. The van der Waals surface area contributed by atoms with Crippen molar-refractivity contribution in [2.45, 2.75) is 0 Å². The second kappa shape index (κ2) is 4.87. The van der Waals surface area contributed by atoms with Gasteiger partial charge in [-0.2, -0.15) is 0 Å². The quantitative estimate of drug-likeness (QED) is 0.902. The third-order valence-electron chi connectivity index (χ3n) is 2.71. The predicted molar refractivity (Wildman–Crippen MR) is 67.9 cm³/mol. The molecule has 0 fully saturated rings. The van der Waals surface area contributed by atoms with Gasteiger partial charge in [0.05, 0.1) is 5.69 Å². The smallest absolute Gasteiger partial charge is 0.340 e. The average Bonchev–Trinajstić information content (AvgIpc) is 2.38. The fourth-order valence-corrected chi connectivity index (χ4v) is 1.79. The molecule has 0 heterocycles. The molecule has 0 aromatic heterocycles. The molecule has 0 aliphatic rings. The molecular weight excluding hydrogens is 233 g/mol. The fraction of sp³-hybridized carbons (Fsp3) is 0.0714. The van der Waals surface area contributed by atoms with Crippen LogP contribution in [0.3, 0.4) is 0 Å². The van der Waals surface area contributed by atoms with Gasteiger partial charge in [0, 0.05) is 12.7 Å². The first-order chi connectivity index (χ1) is 8.61. The van der Waals surface area contributed by atoms with Gasteiger partial charge >= 0.3 is 5.97 Å². The Morgan fingerprint density at radius 2 is 1.78 bits per heavy atom. The van der Waals surface area contributed by atoms with E-state index >= 15 is 0 Å². The molecule has 0 aliphatic carbocycles. The van der Waals surface area contributed by atoms with E-state index in [1.54, 1.807) is 18.0 Å². The van der Waals surface area contributed by atoms with E-state index in [0.29, 0.717) is 5.69 Å². The zero-order valence-electron chi connectivity index (χ0n) is 9.80. The van der Waals surface area contributed by atoms with Crippen molar-refractivity contribution in [3.63, 3.8) is 0 Å². The normalized spacial score (nSPS) is 10.1. The number of hydrogen-bond donors (Lipinski definition) is 1. The van der Waals surface area contributed by atoms with E-state index in [4.69, 9.17) is 5.11 Å². The van der Waals surface area contributed by atoms with Crippen LogP contribution >= 0.6 is 0 Å². The Kier molecular flexibility index (Phi) is 3.28. The van der Waals surface area contributed by atoms with Crippen molar-refractivity contribution < 1.29 is 14.3 Å². The van der Waals surface area contributed by atoms with E-state index in [2.05, 4.69) is 0 Å². The van der Waals surface area contributed by atoms with Gasteiger partial charge in [-0.05, 0) is 24.3 Å². The zero-order valence-corrected chi connectivity index (χ0v) is 9.80. The lowest BCUT2D eigenvalue weighted by Crippen LogP contribution is -2.15. The lowest BCUT2D eigenvalue weighted by Gasteiger charge is -2.21. The Balaban J connectivity index is 2.52. The van der Waals surface area contributed by atoms with Gasteiger partial charge in [-0.1, -0.05) is 24.3 Å². The van der Waals surface area contributed by atoms with Crippen LogP contribution in [-0.2, 0) is 0 Å². The molecule has 1 N–H and O–H groups in total. The number of rotatable bonds is 3. The molecule has 0 saturated heterocycles. The SMILES string of the molecule is CN(c1ccccc1)c1cccc(F)c1C(=O)O. The van der Waals surface area contributed by atoms with Crippen LogP contribution in [0.1, 0.15) is 10.4 Å². The summed E-state index contributed by atoms with van der Waals surface area (Å²) in [6.45, 7) is 0. The number of carboxylic acids is 1. The highest BCUT2D eigenvalue weighted by Crippen LogP contribution is 2.28. The van der Waals surface area contributed by atoms with Crippen molar-refractivity contribution in [2.24, 2.45) is 0 Å². The van der Waals surface area contributed by atoms with Crippen LogP contribution in [0.2, 0.25) is 0 Å². The van der Waals surface area contributed by atoms with Gasteiger partial charge in [-0.25, -0.2) is 9.18 Å². The molecule has 2 rings (SSSR count). The molecule has 18 heavy (non-hydrogen) atoms. The Morgan fingerprint density at radius 1 is 1.11 bits per heavy atom. The van der Waals surface area contributed by atoms with Crippen LogP contribution in [0, 0.1) is 5.82 Å². The molecule has 0 saturated carbocycles. The first-order valence-corrected chi connectivity index (χ1v) is 5.42. The number of benzene rings is 2. The van der Waals surface area contributed by atoms with E-state index in [0.717, 1.165) is 11.8 Å². The summed E-state index contributed by atoms with van der Waals surface area (Å²) in [5.74, 6) is -2.01. The van der Waals surface area contributed by atoms with E-state index in [1.165, 1.54) is 6.07 Å². The summed E-state index contributed by atoms with van der Waals surface area (Å²) in [4.78, 5) is 12.8. The molecule has 2 aromatic rings. The number of carboxylic acid groups (broad SMARTS) is 1. The Morgan fingerprint density at radius 3 is 2.39 bits per heavy atom. The third kappa shape index (κ3) is 2.18. The largest absolute Gasteiger partial charge is 0.478 e. The van der Waals surface area contributed by atoms with Gasteiger partial charge in [-0.3, -0.25) is 0 Å². The Bertz CT molecular complexity index is 569. The highest BCUT2D eigenvalue weighted by molar-refractivity contribution is 5.95. The summed E-state index contributed by atoms with van der Waals surface area (Å²) in [6, 6.07) is 13.4. The number of para-hydroxylation sites is 1. The van der Waals surface area contributed by atoms with Crippen molar-refractivity contribution in [2.75, 3.05) is 11.9 Å². The highest BCUT2D eigenvalue weighted by Gasteiger charge is 2.18. The van der Waals surface area contributed by atoms with E-state index in [-0.39, 0.29) is 5.56 Å². The minimum Gasteiger partial charge on any atom is -0.478 e. The third-order valence-corrected chi connectivity index (χ3v) is 2.71. The maximum Gasteiger partial charge on any atom is 0.340 e. The molecule has 0 amide bonds. The standard InChI is InChI=1S/C14H12FNO2/c1-16(10-6-3-2-4-7-10)12-9-5-8-11(15)13(12)14(17)18/h2-9H,1H3,(H,17,18). The van der Waals surface area contributed by atoms with Crippen LogP contribution < -0.4 is 4.90 Å². The summed E-state index contributed by atoms with van der Waals surface area (Å²) in [6.07, 6.45) is 0. The van der Waals surface area contributed by atoms with Gasteiger partial charge in [-0.15, -0.1) is 0 Å². The van der Waals surface area contributed by atoms with Gasteiger partial charge in [0.15, 0.2) is 0 Å². The van der Waals surface area contributed by atoms with Crippen molar-refractivity contribution in [1.82, 2.24) is 0 Å². The minimum atomic E-state index is -1.27. The lowest BCUT2D eigenvalue weighted by molar-refractivity contribution is 0.0693. The molecule has 0 radical (unpaired) electrons. The number of hydrogen-bond acceptors (Lipinski definition) is 2. The number of nitrogens with zero attached hydrogens (tertiary/aromatic N) is 1. The van der Waals surface area contributed by atoms with Crippen molar-refractivity contribution in [1.29, 1.82) is 0 Å². The molecule has 0 aliphatic heterocycles. The number of anilines is 2. The predicted octanol–water partition coefficient (Wildman–Crippen LogP) is 3.29. The van der Waals surface area contributed by atoms with Gasteiger partial charge in [0.2, 0.25) is 0 Å². The molecule has 0 spiro atoms. The van der Waals surface area contributed by atoms with Crippen molar-refractivity contribution in [3.05, 3.63) is 59.9 Å². The van der Waals surface area contributed by atoms with Crippen LogP contribution in [-0.4, -0.2) is 18.1 Å². The summed E-state index contributed by atoms with van der Waals surface area (Å²) in [5, 5.41) is 9.08. The highest BCUT2D eigenvalue weighted by atomic mass is 19.1. The Hall–Kier alpha value is -2.36. The topological polar surface area (TPSA) is 40.5 Å². The van der Waals surface area contributed by atoms with E-state index in [9.17, 15) is 9.18 Å². The summed E-state index contributed by atoms with van der Waals surface area (Å²) in [5.41, 5.74) is 0.808. The zero-order chi connectivity index (χ0) is 13.1. The van der Waals surface area contributed by atoms with E-state index < -0.39 is 11.8 Å². The second-order valence-electron chi connectivity index (χ2n) is 3.83. The van der Waals surface area contributed by atoms with Crippen LogP contribution in [0.25, 0.3) is 0 Å². The summed E-state index contributed by atoms with van der Waals surface area (Å²) >= 11 is 0. The molecule has 0 bridgehead atoms. The minimum absolute atomic E-state index is 0.316. The number of carbonyl (C=O) groups is 1. The monoisotopic (exact) mass is 245 g/mol. The van der Waals surface area contributed by atoms with Gasteiger partial charge in [0.25, 0.3) is 0 Å². The molecule has 0 atom stereocenters. The molecular formula is C14H12FNO2. The number of halogens is 1. The van der Waals surface area contributed by atoms with Crippen LogP contribution in [0.4, 0.5) is 15.8 Å².